The van der Waals surface area contributed by atoms with E-state index in [1.807, 2.05) is 0 Å². The molecule has 0 fully saturated rings. The summed E-state index contributed by atoms with van der Waals surface area (Å²) in [5.74, 6) is -0.346. The maximum Gasteiger partial charge on any atom is 0.573 e. The first-order chi connectivity index (χ1) is 8.79. The van der Waals surface area contributed by atoms with Crippen LogP contribution in [-0.4, -0.2) is 11.5 Å². The highest BCUT2D eigenvalue weighted by atomic mass is 32.1. The predicted octanol–water partition coefficient (Wildman–Crippen LogP) is 3.90. The van der Waals surface area contributed by atoms with Gasteiger partial charge in [0.1, 0.15) is 11.4 Å². The Kier molecular flexibility index (Phi) is 3.56. The van der Waals surface area contributed by atoms with Gasteiger partial charge >= 0.3 is 6.36 Å². The Morgan fingerprint density at radius 3 is 2.47 bits per heavy atom. The van der Waals surface area contributed by atoms with Crippen molar-refractivity contribution in [2.75, 3.05) is 0 Å². The van der Waals surface area contributed by atoms with E-state index in [1.54, 1.807) is 23.6 Å². The van der Waals surface area contributed by atoms with Crippen LogP contribution >= 0.6 is 11.3 Å². The summed E-state index contributed by atoms with van der Waals surface area (Å²) < 4.78 is 40.3. The molecular formula is C13H11F3O2S. The van der Waals surface area contributed by atoms with Crippen molar-refractivity contribution >= 4 is 11.3 Å². The van der Waals surface area contributed by atoms with Crippen molar-refractivity contribution in [3.8, 4) is 5.75 Å². The molecule has 2 aromatic rings. The average Bonchev–Trinajstić information content (AvgIpc) is 2.80. The third kappa shape index (κ3) is 3.27. The van der Waals surface area contributed by atoms with Gasteiger partial charge in [-0.15, -0.1) is 24.5 Å². The Hall–Kier alpha value is -1.53. The van der Waals surface area contributed by atoms with Gasteiger partial charge in [-0.25, -0.2) is 0 Å². The molecule has 0 saturated heterocycles. The lowest BCUT2D eigenvalue weighted by Gasteiger charge is -2.23. The van der Waals surface area contributed by atoms with Gasteiger partial charge < -0.3 is 9.84 Å². The van der Waals surface area contributed by atoms with E-state index in [0.717, 1.165) is 0 Å². The fourth-order valence-corrected chi connectivity index (χ4v) is 2.50. The molecule has 19 heavy (non-hydrogen) atoms. The first-order valence-electron chi connectivity index (χ1n) is 5.42. The number of thiophene rings is 1. The van der Waals surface area contributed by atoms with E-state index >= 15 is 0 Å². The number of halogens is 3. The van der Waals surface area contributed by atoms with Crippen LogP contribution in [0.4, 0.5) is 13.2 Å². The van der Waals surface area contributed by atoms with E-state index in [2.05, 4.69) is 4.74 Å². The normalized spacial score (nSPS) is 15.0. The fraction of sp³-hybridized carbons (Fsp3) is 0.231. The summed E-state index contributed by atoms with van der Waals surface area (Å²) >= 11 is 1.33. The Morgan fingerprint density at radius 1 is 1.16 bits per heavy atom. The van der Waals surface area contributed by atoms with Crippen molar-refractivity contribution in [3.05, 3.63) is 52.2 Å². The lowest BCUT2D eigenvalue weighted by atomic mass is 9.94. The topological polar surface area (TPSA) is 29.5 Å². The second-order valence-corrected chi connectivity index (χ2v) is 5.07. The van der Waals surface area contributed by atoms with E-state index in [1.165, 1.54) is 36.5 Å². The number of hydrogen-bond donors (Lipinski definition) is 1. The molecule has 1 atom stereocenters. The third-order valence-corrected chi connectivity index (χ3v) is 3.71. The van der Waals surface area contributed by atoms with E-state index in [-0.39, 0.29) is 5.75 Å². The summed E-state index contributed by atoms with van der Waals surface area (Å²) in [6, 6.07) is 8.85. The minimum absolute atomic E-state index is 0.344. The number of rotatable bonds is 3. The second kappa shape index (κ2) is 4.86. The van der Waals surface area contributed by atoms with Gasteiger partial charge in [-0.05, 0) is 36.1 Å². The van der Waals surface area contributed by atoms with Gasteiger partial charge in [-0.2, -0.15) is 0 Å². The van der Waals surface area contributed by atoms with Crippen LogP contribution in [0.2, 0.25) is 0 Å². The van der Waals surface area contributed by atoms with Crippen LogP contribution in [0.1, 0.15) is 17.4 Å². The number of alkyl halides is 3. The summed E-state index contributed by atoms with van der Waals surface area (Å²) in [7, 11) is 0. The molecule has 2 nitrogen and oxygen atoms in total. The largest absolute Gasteiger partial charge is 0.573 e. The minimum Gasteiger partial charge on any atom is -0.406 e. The van der Waals surface area contributed by atoms with Gasteiger partial charge in [0.2, 0.25) is 0 Å². The van der Waals surface area contributed by atoms with Crippen LogP contribution < -0.4 is 4.74 Å². The summed E-state index contributed by atoms with van der Waals surface area (Å²) in [6.45, 7) is 1.53. The smallest absolute Gasteiger partial charge is 0.406 e. The molecule has 0 radical (unpaired) electrons. The molecule has 1 heterocycles. The van der Waals surface area contributed by atoms with Gasteiger partial charge in [-0.1, -0.05) is 18.2 Å². The van der Waals surface area contributed by atoms with Gasteiger partial charge in [0.15, 0.2) is 0 Å². The predicted molar refractivity (Wildman–Crippen MR) is 66.1 cm³/mol. The highest BCUT2D eigenvalue weighted by Crippen LogP contribution is 2.34. The third-order valence-electron chi connectivity index (χ3n) is 2.63. The quantitative estimate of drug-likeness (QED) is 0.928. The van der Waals surface area contributed by atoms with Crippen molar-refractivity contribution in [1.29, 1.82) is 0 Å². The molecule has 0 aliphatic carbocycles. The molecule has 0 bridgehead atoms. The molecule has 2 rings (SSSR count). The van der Waals surface area contributed by atoms with Crippen LogP contribution in [0, 0.1) is 0 Å². The lowest BCUT2D eigenvalue weighted by molar-refractivity contribution is -0.274. The van der Waals surface area contributed by atoms with Crippen molar-refractivity contribution in [2.45, 2.75) is 18.9 Å². The molecule has 0 aliphatic heterocycles. The molecule has 0 aliphatic rings. The molecule has 6 heteroatoms. The zero-order valence-corrected chi connectivity index (χ0v) is 10.8. The molecule has 1 unspecified atom stereocenters. The number of ether oxygens (including phenoxy) is 1. The highest BCUT2D eigenvalue weighted by molar-refractivity contribution is 7.10. The molecular weight excluding hydrogens is 277 g/mol. The minimum atomic E-state index is -4.74. The van der Waals surface area contributed by atoms with Gasteiger partial charge in [0.05, 0.1) is 0 Å². The van der Waals surface area contributed by atoms with Crippen LogP contribution in [0.3, 0.4) is 0 Å². The summed E-state index contributed by atoms with van der Waals surface area (Å²) in [5, 5.41) is 12.2. The van der Waals surface area contributed by atoms with Crippen LogP contribution in [0.15, 0.2) is 41.8 Å². The highest BCUT2D eigenvalue weighted by Gasteiger charge is 2.32. The van der Waals surface area contributed by atoms with E-state index < -0.39 is 12.0 Å². The summed E-state index contributed by atoms with van der Waals surface area (Å²) in [4.78, 5) is 0.650. The fourth-order valence-electron chi connectivity index (χ4n) is 1.69. The molecule has 1 N–H and O–H groups in total. The molecule has 102 valence electrons. The standard InChI is InChI=1S/C13H11F3O2S/c1-12(17,11-6-3-7-19-11)9-4-2-5-10(8-9)18-13(14,15)16/h2-8,17H,1H3. The Bertz CT molecular complexity index is 547. The van der Waals surface area contributed by atoms with Crippen molar-refractivity contribution in [1.82, 2.24) is 0 Å². The molecule has 1 aromatic heterocycles. The Balaban J connectivity index is 2.33. The van der Waals surface area contributed by atoms with Crippen molar-refractivity contribution in [3.63, 3.8) is 0 Å². The summed E-state index contributed by atoms with van der Waals surface area (Å²) in [6.07, 6.45) is -4.74. The number of hydrogen-bond acceptors (Lipinski definition) is 3. The average molecular weight is 288 g/mol. The number of aliphatic hydroxyl groups is 1. The second-order valence-electron chi connectivity index (χ2n) is 4.13. The van der Waals surface area contributed by atoms with Crippen LogP contribution in [-0.2, 0) is 5.60 Å². The molecule has 1 aromatic carbocycles. The maximum atomic E-state index is 12.2. The van der Waals surface area contributed by atoms with Crippen molar-refractivity contribution in [2.24, 2.45) is 0 Å². The van der Waals surface area contributed by atoms with Crippen LogP contribution in [0.25, 0.3) is 0 Å². The Labute approximate surface area is 112 Å². The van der Waals surface area contributed by atoms with E-state index in [0.29, 0.717) is 10.4 Å². The molecule has 0 saturated carbocycles. The molecule has 0 spiro atoms. The van der Waals surface area contributed by atoms with Gasteiger partial charge in [0.25, 0.3) is 0 Å². The maximum absolute atomic E-state index is 12.2. The van der Waals surface area contributed by atoms with Gasteiger partial charge in [0, 0.05) is 4.88 Å². The molecule has 0 amide bonds. The first-order valence-corrected chi connectivity index (χ1v) is 6.29. The van der Waals surface area contributed by atoms with Gasteiger partial charge in [-0.3, -0.25) is 0 Å². The van der Waals surface area contributed by atoms with E-state index in [9.17, 15) is 18.3 Å². The lowest BCUT2D eigenvalue weighted by Crippen LogP contribution is -2.22. The first kappa shape index (κ1) is 13.9. The van der Waals surface area contributed by atoms with Crippen LogP contribution in [0.5, 0.6) is 5.75 Å². The summed E-state index contributed by atoms with van der Waals surface area (Å²) in [5.41, 5.74) is -1.00. The van der Waals surface area contributed by atoms with Crippen molar-refractivity contribution < 1.29 is 23.0 Å². The zero-order chi connectivity index (χ0) is 14.1. The Morgan fingerprint density at radius 2 is 1.89 bits per heavy atom. The zero-order valence-electron chi connectivity index (χ0n) is 9.94. The number of benzene rings is 1. The monoisotopic (exact) mass is 288 g/mol. The SMILES string of the molecule is CC(O)(c1cccc(OC(F)(F)F)c1)c1cccs1. The van der Waals surface area contributed by atoms with E-state index in [4.69, 9.17) is 0 Å².